The van der Waals surface area contributed by atoms with Crippen molar-refractivity contribution in [3.05, 3.63) is 52.9 Å². The van der Waals surface area contributed by atoms with E-state index in [0.29, 0.717) is 62.7 Å². The first-order valence-electron chi connectivity index (χ1n) is 12.5. The number of aryl methyl sites for hydroxylation is 1. The number of carbonyl (C=O) groups is 1. The van der Waals surface area contributed by atoms with Crippen LogP contribution >= 0.6 is 11.3 Å². The lowest BCUT2D eigenvalue weighted by molar-refractivity contribution is -0.143. The topological polar surface area (TPSA) is 100 Å². The van der Waals surface area contributed by atoms with Crippen molar-refractivity contribution in [3.63, 3.8) is 0 Å². The van der Waals surface area contributed by atoms with E-state index < -0.39 is 17.5 Å². The molecule has 5 rings (SSSR count). The Balaban J connectivity index is 1.29. The molecule has 2 aromatic heterocycles. The number of rotatable bonds is 5. The fourth-order valence-corrected chi connectivity index (χ4v) is 5.97. The summed E-state index contributed by atoms with van der Waals surface area (Å²) in [4.78, 5) is 27.5. The van der Waals surface area contributed by atoms with E-state index in [4.69, 9.17) is 4.74 Å². The highest BCUT2D eigenvalue weighted by atomic mass is 32.1. The van der Waals surface area contributed by atoms with Crippen LogP contribution in [0.1, 0.15) is 41.9 Å². The molecule has 8 nitrogen and oxygen atoms in total. The summed E-state index contributed by atoms with van der Waals surface area (Å²) in [5.74, 6) is -0.116. The smallest absolute Gasteiger partial charge is 0.383 e. The summed E-state index contributed by atoms with van der Waals surface area (Å²) in [6.07, 6.45) is 0.290. The molecule has 0 spiro atoms. The van der Waals surface area contributed by atoms with Crippen LogP contribution in [0.2, 0.25) is 0 Å². The van der Waals surface area contributed by atoms with Gasteiger partial charge in [0.2, 0.25) is 11.9 Å². The van der Waals surface area contributed by atoms with Crippen molar-refractivity contribution in [2.45, 2.75) is 44.4 Å². The zero-order chi connectivity index (χ0) is 26.9. The second-order valence-corrected chi connectivity index (χ2v) is 10.8. The molecule has 1 aromatic carbocycles. The number of nitrogens with zero attached hydrogens (tertiary/aromatic N) is 4. The van der Waals surface area contributed by atoms with Crippen LogP contribution in [0.15, 0.2) is 36.7 Å². The first-order valence-corrected chi connectivity index (χ1v) is 13.3. The number of hydrogen-bond acceptors (Lipinski definition) is 8. The van der Waals surface area contributed by atoms with Crippen molar-refractivity contribution in [1.29, 1.82) is 0 Å². The van der Waals surface area contributed by atoms with Crippen molar-refractivity contribution >= 4 is 28.9 Å². The Hall–Kier alpha value is -3.09. The molecule has 0 bridgehead atoms. The Morgan fingerprint density at radius 1 is 1.18 bits per heavy atom. The molecule has 1 amide bonds. The van der Waals surface area contributed by atoms with Gasteiger partial charge in [-0.3, -0.25) is 4.79 Å². The molecule has 0 radical (unpaired) electrons. The Morgan fingerprint density at radius 2 is 1.92 bits per heavy atom. The number of morpholine rings is 1. The molecule has 2 fully saturated rings. The first-order chi connectivity index (χ1) is 18.1. The summed E-state index contributed by atoms with van der Waals surface area (Å²) in [5, 5.41) is 14.8. The normalized spacial score (nSPS) is 22.3. The first kappa shape index (κ1) is 26.5. The largest absolute Gasteiger partial charge is 0.433 e. The SMILES string of the molecule is Cc1cc(Nc2nccc(C(F)(F)F)n2)cc(-c2cnc(C3(O)CCC(C(=O)N4CCOCC4)CC3)s2)c1. The van der Waals surface area contributed by atoms with Crippen LogP contribution in [-0.4, -0.2) is 57.2 Å². The highest BCUT2D eigenvalue weighted by Gasteiger charge is 2.40. The molecule has 12 heteroatoms. The Kier molecular flexibility index (Phi) is 7.38. The molecule has 38 heavy (non-hydrogen) atoms. The van der Waals surface area contributed by atoms with Crippen LogP contribution in [0.3, 0.4) is 0 Å². The summed E-state index contributed by atoms with van der Waals surface area (Å²) < 4.78 is 44.4. The highest BCUT2D eigenvalue weighted by Crippen LogP contribution is 2.43. The number of thiazole rings is 1. The van der Waals surface area contributed by atoms with Gasteiger partial charge in [-0.25, -0.2) is 15.0 Å². The van der Waals surface area contributed by atoms with Crippen LogP contribution in [0.25, 0.3) is 10.4 Å². The van der Waals surface area contributed by atoms with E-state index in [1.54, 1.807) is 18.3 Å². The summed E-state index contributed by atoms with van der Waals surface area (Å²) in [6, 6.07) is 6.34. The van der Waals surface area contributed by atoms with Gasteiger partial charge in [-0.15, -0.1) is 11.3 Å². The minimum Gasteiger partial charge on any atom is -0.383 e. The van der Waals surface area contributed by atoms with Gasteiger partial charge in [0.05, 0.1) is 18.1 Å². The summed E-state index contributed by atoms with van der Waals surface area (Å²) in [6.45, 7) is 4.23. The van der Waals surface area contributed by atoms with Gasteiger partial charge in [-0.05, 0) is 61.9 Å². The molecule has 1 aliphatic heterocycles. The zero-order valence-corrected chi connectivity index (χ0v) is 21.6. The van der Waals surface area contributed by atoms with Crippen LogP contribution in [-0.2, 0) is 21.3 Å². The van der Waals surface area contributed by atoms with Gasteiger partial charge < -0.3 is 20.1 Å². The van der Waals surface area contributed by atoms with Gasteiger partial charge in [0.1, 0.15) is 16.3 Å². The standard InChI is InChI=1S/C26H28F3N5O3S/c1-16-12-18(14-19(13-16)32-24-30-7-4-21(33-24)26(27,28)29)20-15-31-23(38-20)25(36)5-2-17(3-6-25)22(35)34-8-10-37-11-9-34/h4,7,12-15,17,36H,2-3,5-6,8-11H2,1H3,(H,30,32,33). The second-order valence-electron chi connectivity index (χ2n) is 9.75. The van der Waals surface area contributed by atoms with Crippen molar-refractivity contribution in [2.75, 3.05) is 31.6 Å². The molecule has 1 saturated carbocycles. The molecule has 202 valence electrons. The van der Waals surface area contributed by atoms with Gasteiger partial charge in [0, 0.05) is 37.1 Å². The fraction of sp³-hybridized carbons (Fsp3) is 0.462. The molecule has 2 aliphatic rings. The molecular formula is C26H28F3N5O3S. The number of nitrogens with one attached hydrogen (secondary N) is 1. The summed E-state index contributed by atoms with van der Waals surface area (Å²) >= 11 is 1.38. The predicted octanol–water partition coefficient (Wildman–Crippen LogP) is 4.91. The van der Waals surface area contributed by atoms with E-state index in [0.717, 1.165) is 28.3 Å². The van der Waals surface area contributed by atoms with E-state index in [1.165, 1.54) is 11.3 Å². The number of amides is 1. The van der Waals surface area contributed by atoms with Crippen LogP contribution in [0.4, 0.5) is 24.8 Å². The number of ether oxygens (including phenoxy) is 1. The molecule has 1 saturated heterocycles. The third kappa shape index (κ3) is 5.82. The molecule has 0 unspecified atom stereocenters. The summed E-state index contributed by atoms with van der Waals surface area (Å²) in [7, 11) is 0. The van der Waals surface area contributed by atoms with Gasteiger partial charge in [0.25, 0.3) is 0 Å². The third-order valence-electron chi connectivity index (χ3n) is 6.95. The summed E-state index contributed by atoms with van der Waals surface area (Å²) in [5.41, 5.74) is 0.108. The van der Waals surface area contributed by atoms with Gasteiger partial charge >= 0.3 is 6.18 Å². The maximum absolute atomic E-state index is 13.0. The number of benzene rings is 1. The van der Waals surface area contributed by atoms with Crippen molar-refractivity contribution in [1.82, 2.24) is 19.9 Å². The number of alkyl halides is 3. The third-order valence-corrected chi connectivity index (χ3v) is 8.19. The maximum Gasteiger partial charge on any atom is 0.433 e. The van der Waals surface area contributed by atoms with E-state index in [1.807, 2.05) is 17.9 Å². The molecule has 3 heterocycles. The van der Waals surface area contributed by atoms with E-state index >= 15 is 0 Å². The molecule has 2 N–H and O–H groups in total. The second kappa shape index (κ2) is 10.6. The van der Waals surface area contributed by atoms with E-state index in [2.05, 4.69) is 20.3 Å². The lowest BCUT2D eigenvalue weighted by Crippen LogP contribution is -2.45. The average Bonchev–Trinajstić information content (AvgIpc) is 3.40. The number of anilines is 2. The Bertz CT molecular complexity index is 1300. The Labute approximate surface area is 221 Å². The number of aliphatic hydroxyl groups is 1. The minimum atomic E-state index is -4.56. The highest BCUT2D eigenvalue weighted by molar-refractivity contribution is 7.15. The zero-order valence-electron chi connectivity index (χ0n) is 20.8. The predicted molar refractivity (Wildman–Crippen MR) is 136 cm³/mol. The minimum absolute atomic E-state index is 0.101. The van der Waals surface area contributed by atoms with Crippen LogP contribution in [0, 0.1) is 12.8 Å². The monoisotopic (exact) mass is 547 g/mol. The number of carbonyl (C=O) groups excluding carboxylic acids is 1. The van der Waals surface area contributed by atoms with Gasteiger partial charge in [-0.2, -0.15) is 13.2 Å². The maximum atomic E-state index is 13.0. The van der Waals surface area contributed by atoms with Crippen molar-refractivity contribution in [3.8, 4) is 10.4 Å². The molecular weight excluding hydrogens is 519 g/mol. The van der Waals surface area contributed by atoms with Crippen LogP contribution < -0.4 is 5.32 Å². The van der Waals surface area contributed by atoms with E-state index in [-0.39, 0.29) is 17.8 Å². The number of halogens is 3. The average molecular weight is 548 g/mol. The van der Waals surface area contributed by atoms with Gasteiger partial charge in [-0.1, -0.05) is 6.07 Å². The van der Waals surface area contributed by atoms with Gasteiger partial charge in [0.15, 0.2) is 0 Å². The number of aromatic nitrogens is 3. The fourth-order valence-electron chi connectivity index (χ4n) is 4.92. The molecule has 1 aliphatic carbocycles. The lowest BCUT2D eigenvalue weighted by Gasteiger charge is -2.37. The van der Waals surface area contributed by atoms with Crippen molar-refractivity contribution < 1.29 is 27.8 Å². The van der Waals surface area contributed by atoms with E-state index in [9.17, 15) is 23.1 Å². The quantitative estimate of drug-likeness (QED) is 0.468. The number of hydrogen-bond donors (Lipinski definition) is 2. The lowest BCUT2D eigenvalue weighted by atomic mass is 9.78. The molecule has 3 aromatic rings. The van der Waals surface area contributed by atoms with Crippen molar-refractivity contribution in [2.24, 2.45) is 5.92 Å². The Morgan fingerprint density at radius 3 is 2.63 bits per heavy atom. The van der Waals surface area contributed by atoms with Crippen LogP contribution in [0.5, 0.6) is 0 Å². The molecule has 0 atom stereocenters.